The molecule has 1 heteroatoms. The average Bonchev–Trinajstić information content (AvgIpc) is 2.76. The Kier molecular flexibility index (Phi) is 4.45. The fourth-order valence-corrected chi connectivity index (χ4v) is 3.51. The molecule has 0 heterocycles. The highest BCUT2D eigenvalue weighted by Gasteiger charge is 2.28. The van der Waals surface area contributed by atoms with Crippen LogP contribution >= 0.6 is 0 Å². The largest absolute Gasteiger partial charge is 0.316 e. The Morgan fingerprint density at radius 2 is 1.89 bits per heavy atom. The van der Waals surface area contributed by atoms with Crippen LogP contribution in [-0.2, 0) is 6.42 Å². The lowest BCUT2D eigenvalue weighted by Crippen LogP contribution is -2.35. The van der Waals surface area contributed by atoms with Crippen molar-refractivity contribution < 1.29 is 0 Å². The normalized spacial score (nSPS) is 25.3. The van der Waals surface area contributed by atoms with Gasteiger partial charge in [-0.1, -0.05) is 31.5 Å². The van der Waals surface area contributed by atoms with Crippen molar-refractivity contribution in [3.8, 4) is 0 Å². The number of aryl methyl sites for hydroxylation is 2. The van der Waals surface area contributed by atoms with Gasteiger partial charge in [0, 0.05) is 6.04 Å². The second-order valence-corrected chi connectivity index (χ2v) is 6.15. The minimum Gasteiger partial charge on any atom is -0.316 e. The van der Waals surface area contributed by atoms with Crippen molar-refractivity contribution in [2.24, 2.45) is 11.8 Å². The molecule has 18 heavy (non-hydrogen) atoms. The maximum absolute atomic E-state index is 3.57. The first-order valence-electron chi connectivity index (χ1n) is 7.34. The standard InChI is InChI=1S/C17H27N/c1-12-8-9-15(10-12)17(18-4)11-16-13(2)6-5-7-14(16)3/h5-7,12,15,17-18H,8-11H2,1-4H3. The van der Waals surface area contributed by atoms with Gasteiger partial charge in [0.1, 0.15) is 0 Å². The lowest BCUT2D eigenvalue weighted by Gasteiger charge is -2.25. The molecule has 1 aromatic rings. The predicted molar refractivity (Wildman–Crippen MR) is 79.0 cm³/mol. The molecular weight excluding hydrogens is 218 g/mol. The summed E-state index contributed by atoms with van der Waals surface area (Å²) in [5.41, 5.74) is 4.44. The summed E-state index contributed by atoms with van der Waals surface area (Å²) in [4.78, 5) is 0. The van der Waals surface area contributed by atoms with E-state index in [2.05, 4.69) is 51.3 Å². The topological polar surface area (TPSA) is 12.0 Å². The van der Waals surface area contributed by atoms with Crippen molar-refractivity contribution in [3.05, 3.63) is 34.9 Å². The van der Waals surface area contributed by atoms with Gasteiger partial charge >= 0.3 is 0 Å². The second-order valence-electron chi connectivity index (χ2n) is 6.15. The monoisotopic (exact) mass is 245 g/mol. The Bertz CT molecular complexity index is 376. The highest BCUT2D eigenvalue weighted by Crippen LogP contribution is 2.34. The first kappa shape index (κ1) is 13.6. The van der Waals surface area contributed by atoms with Crippen LogP contribution in [0.3, 0.4) is 0 Å². The van der Waals surface area contributed by atoms with E-state index in [4.69, 9.17) is 0 Å². The minimum absolute atomic E-state index is 0.648. The maximum atomic E-state index is 3.57. The van der Waals surface area contributed by atoms with Gasteiger partial charge in [-0.3, -0.25) is 0 Å². The van der Waals surface area contributed by atoms with E-state index in [1.807, 2.05) is 0 Å². The number of hydrogen-bond acceptors (Lipinski definition) is 1. The first-order chi connectivity index (χ1) is 8.61. The number of benzene rings is 1. The smallest absolute Gasteiger partial charge is 0.0133 e. The van der Waals surface area contributed by atoms with Gasteiger partial charge in [0.15, 0.2) is 0 Å². The third-order valence-corrected chi connectivity index (χ3v) is 4.74. The Morgan fingerprint density at radius 1 is 1.22 bits per heavy atom. The van der Waals surface area contributed by atoms with Crippen LogP contribution in [0, 0.1) is 25.7 Å². The molecule has 0 radical (unpaired) electrons. The molecule has 3 atom stereocenters. The van der Waals surface area contributed by atoms with Crippen LogP contribution in [0.25, 0.3) is 0 Å². The van der Waals surface area contributed by atoms with Crippen molar-refractivity contribution >= 4 is 0 Å². The highest BCUT2D eigenvalue weighted by atomic mass is 14.9. The number of nitrogens with one attached hydrogen (secondary N) is 1. The van der Waals surface area contributed by atoms with Gasteiger partial charge in [-0.2, -0.15) is 0 Å². The second kappa shape index (κ2) is 5.88. The van der Waals surface area contributed by atoms with E-state index >= 15 is 0 Å². The van der Waals surface area contributed by atoms with Crippen molar-refractivity contribution in [3.63, 3.8) is 0 Å². The fourth-order valence-electron chi connectivity index (χ4n) is 3.51. The summed E-state index contributed by atoms with van der Waals surface area (Å²) in [5, 5.41) is 3.57. The van der Waals surface area contributed by atoms with E-state index in [9.17, 15) is 0 Å². The van der Waals surface area contributed by atoms with Crippen LogP contribution in [0.1, 0.15) is 42.9 Å². The third-order valence-electron chi connectivity index (χ3n) is 4.74. The van der Waals surface area contributed by atoms with Crippen LogP contribution in [0.4, 0.5) is 0 Å². The van der Waals surface area contributed by atoms with Gasteiger partial charge in [0.2, 0.25) is 0 Å². The first-order valence-corrected chi connectivity index (χ1v) is 7.34. The molecule has 1 fully saturated rings. The van der Waals surface area contributed by atoms with E-state index in [-0.39, 0.29) is 0 Å². The molecule has 0 spiro atoms. The van der Waals surface area contributed by atoms with Crippen molar-refractivity contribution in [2.75, 3.05) is 7.05 Å². The van der Waals surface area contributed by atoms with Gasteiger partial charge < -0.3 is 5.32 Å². The molecule has 0 saturated heterocycles. The summed E-state index contributed by atoms with van der Waals surface area (Å²) in [6.45, 7) is 6.88. The molecule has 0 aliphatic heterocycles. The molecule has 3 unspecified atom stereocenters. The molecule has 1 aromatic carbocycles. The van der Waals surface area contributed by atoms with Gasteiger partial charge in [0.05, 0.1) is 0 Å². The van der Waals surface area contributed by atoms with E-state index in [0.29, 0.717) is 6.04 Å². The van der Waals surface area contributed by atoms with Crippen LogP contribution in [-0.4, -0.2) is 13.1 Å². The zero-order chi connectivity index (χ0) is 13.1. The van der Waals surface area contributed by atoms with Crippen LogP contribution in [0.5, 0.6) is 0 Å². The van der Waals surface area contributed by atoms with Gasteiger partial charge in [-0.15, -0.1) is 0 Å². The third kappa shape index (κ3) is 2.95. The zero-order valence-corrected chi connectivity index (χ0v) is 12.3. The van der Waals surface area contributed by atoms with Crippen molar-refractivity contribution in [1.82, 2.24) is 5.32 Å². The van der Waals surface area contributed by atoms with E-state index in [0.717, 1.165) is 11.8 Å². The molecule has 0 aromatic heterocycles. The van der Waals surface area contributed by atoms with Gasteiger partial charge in [-0.05, 0) is 68.7 Å². The Balaban J connectivity index is 2.10. The van der Waals surface area contributed by atoms with E-state index in [1.165, 1.54) is 36.8 Å². The van der Waals surface area contributed by atoms with Crippen LogP contribution in [0.2, 0.25) is 0 Å². The molecule has 0 amide bonds. The Labute approximate surface area is 112 Å². The molecule has 1 aliphatic carbocycles. The molecule has 1 N–H and O–H groups in total. The fraction of sp³-hybridized carbons (Fsp3) is 0.647. The molecule has 0 bridgehead atoms. The molecule has 2 rings (SSSR count). The van der Waals surface area contributed by atoms with Gasteiger partial charge in [-0.25, -0.2) is 0 Å². The Hall–Kier alpha value is -0.820. The zero-order valence-electron chi connectivity index (χ0n) is 12.3. The summed E-state index contributed by atoms with van der Waals surface area (Å²) in [6.07, 6.45) is 5.40. The van der Waals surface area contributed by atoms with Crippen molar-refractivity contribution in [1.29, 1.82) is 0 Å². The number of likely N-dealkylation sites (N-methyl/N-ethyl adjacent to an activating group) is 1. The quantitative estimate of drug-likeness (QED) is 0.849. The molecule has 1 aliphatic rings. The summed E-state index contributed by atoms with van der Waals surface area (Å²) < 4.78 is 0. The average molecular weight is 245 g/mol. The molecular formula is C17H27N. The number of rotatable bonds is 4. The van der Waals surface area contributed by atoms with Gasteiger partial charge in [0.25, 0.3) is 0 Å². The van der Waals surface area contributed by atoms with Crippen LogP contribution in [0.15, 0.2) is 18.2 Å². The molecule has 100 valence electrons. The lowest BCUT2D eigenvalue weighted by molar-refractivity contribution is 0.367. The summed E-state index contributed by atoms with van der Waals surface area (Å²) >= 11 is 0. The van der Waals surface area contributed by atoms with Crippen LogP contribution < -0.4 is 5.32 Å². The molecule has 1 saturated carbocycles. The minimum atomic E-state index is 0.648. The number of hydrogen-bond donors (Lipinski definition) is 1. The van der Waals surface area contributed by atoms with E-state index in [1.54, 1.807) is 5.56 Å². The summed E-state index contributed by atoms with van der Waals surface area (Å²) in [7, 11) is 2.13. The SMILES string of the molecule is CNC(Cc1c(C)cccc1C)C1CCC(C)C1. The van der Waals surface area contributed by atoms with Crippen molar-refractivity contribution in [2.45, 2.75) is 52.5 Å². The van der Waals surface area contributed by atoms with E-state index < -0.39 is 0 Å². The maximum Gasteiger partial charge on any atom is 0.0133 e. The summed E-state index contributed by atoms with van der Waals surface area (Å²) in [5.74, 6) is 1.79. The lowest BCUT2D eigenvalue weighted by atomic mass is 9.88. The Morgan fingerprint density at radius 3 is 2.39 bits per heavy atom. The summed E-state index contributed by atoms with van der Waals surface area (Å²) in [6, 6.07) is 7.30. The molecule has 1 nitrogen and oxygen atoms in total. The predicted octanol–water partition coefficient (Wildman–Crippen LogP) is 3.87. The highest BCUT2D eigenvalue weighted by molar-refractivity contribution is 5.34.